The quantitative estimate of drug-likeness (QED) is 0.630. The lowest BCUT2D eigenvalue weighted by molar-refractivity contribution is 0.0229. The van der Waals surface area contributed by atoms with Crippen LogP contribution in [0.3, 0.4) is 0 Å². The summed E-state index contributed by atoms with van der Waals surface area (Å²) in [6.07, 6.45) is -0.224. The maximum Gasteiger partial charge on any atom is 0.340 e. The second-order valence-electron chi connectivity index (χ2n) is 5.78. The highest BCUT2D eigenvalue weighted by atomic mass is 16.6. The minimum atomic E-state index is -0.444. The fraction of sp³-hybridized carbons (Fsp3) is 0.333. The Kier molecular flexibility index (Phi) is 5.76. The number of hydrogen-bond donors (Lipinski definition) is 2. The molecule has 2 aromatic rings. The highest BCUT2D eigenvalue weighted by molar-refractivity contribution is 6.00. The van der Waals surface area contributed by atoms with Gasteiger partial charge in [0.25, 0.3) is 5.91 Å². The molecule has 1 amide bonds. The van der Waals surface area contributed by atoms with E-state index < -0.39 is 11.9 Å². The van der Waals surface area contributed by atoms with Gasteiger partial charge in [-0.1, -0.05) is 30.3 Å². The van der Waals surface area contributed by atoms with Crippen molar-refractivity contribution in [1.82, 2.24) is 10.5 Å². The van der Waals surface area contributed by atoms with Gasteiger partial charge in [0.05, 0.1) is 18.3 Å². The SMILES string of the molecule is Cc1[nH]c(C(=O)NOCc2ccccc2)c(C)c1C(=O)OC(C)C. The second kappa shape index (κ2) is 7.79. The van der Waals surface area contributed by atoms with Crippen molar-refractivity contribution in [3.8, 4) is 0 Å². The molecular formula is C18H22N2O4. The molecule has 0 spiro atoms. The van der Waals surface area contributed by atoms with E-state index in [4.69, 9.17) is 9.57 Å². The predicted molar refractivity (Wildman–Crippen MR) is 89.5 cm³/mol. The van der Waals surface area contributed by atoms with Crippen molar-refractivity contribution >= 4 is 11.9 Å². The number of amides is 1. The lowest BCUT2D eigenvalue weighted by Crippen LogP contribution is -2.24. The monoisotopic (exact) mass is 330 g/mol. The van der Waals surface area contributed by atoms with Crippen LogP contribution in [-0.2, 0) is 16.2 Å². The Morgan fingerprint density at radius 1 is 1.17 bits per heavy atom. The molecule has 0 aliphatic heterocycles. The Hall–Kier alpha value is -2.60. The maximum absolute atomic E-state index is 12.2. The van der Waals surface area contributed by atoms with Crippen LogP contribution >= 0.6 is 0 Å². The van der Waals surface area contributed by atoms with Gasteiger partial charge in [-0.3, -0.25) is 9.63 Å². The van der Waals surface area contributed by atoms with Crippen molar-refractivity contribution in [1.29, 1.82) is 0 Å². The topological polar surface area (TPSA) is 80.4 Å². The maximum atomic E-state index is 12.2. The average molecular weight is 330 g/mol. The van der Waals surface area contributed by atoms with E-state index in [1.165, 1.54) is 0 Å². The minimum Gasteiger partial charge on any atom is -0.459 e. The molecule has 6 nitrogen and oxygen atoms in total. The Bertz CT molecular complexity index is 720. The number of hydrogen-bond acceptors (Lipinski definition) is 4. The third-order valence-electron chi connectivity index (χ3n) is 3.46. The number of carbonyl (C=O) groups is 2. The molecule has 1 aromatic carbocycles. The number of aromatic nitrogens is 1. The Balaban J connectivity index is 2.03. The standard InChI is InChI=1S/C18H22N2O4/c1-11(2)24-18(22)15-12(3)16(19-13(15)4)17(21)20-23-10-14-8-6-5-7-9-14/h5-9,11,19H,10H2,1-4H3,(H,20,21). The lowest BCUT2D eigenvalue weighted by Gasteiger charge is -2.08. The number of esters is 1. The highest BCUT2D eigenvalue weighted by Crippen LogP contribution is 2.19. The van der Waals surface area contributed by atoms with Crippen molar-refractivity contribution in [3.63, 3.8) is 0 Å². The van der Waals surface area contributed by atoms with E-state index in [-0.39, 0.29) is 18.4 Å². The summed E-state index contributed by atoms with van der Waals surface area (Å²) in [5.74, 6) is -0.879. The Morgan fingerprint density at radius 3 is 2.46 bits per heavy atom. The van der Waals surface area contributed by atoms with E-state index in [1.54, 1.807) is 27.7 Å². The summed E-state index contributed by atoms with van der Waals surface area (Å²) in [6.45, 7) is 7.24. The van der Waals surface area contributed by atoms with Gasteiger partial charge in [0, 0.05) is 5.69 Å². The molecule has 0 aliphatic rings. The molecule has 1 aromatic heterocycles. The molecule has 6 heteroatoms. The van der Waals surface area contributed by atoms with Crippen molar-refractivity contribution in [2.75, 3.05) is 0 Å². The summed E-state index contributed by atoms with van der Waals surface area (Å²) in [4.78, 5) is 32.5. The van der Waals surface area contributed by atoms with Crippen LogP contribution in [-0.4, -0.2) is 23.0 Å². The number of aromatic amines is 1. The van der Waals surface area contributed by atoms with Gasteiger partial charge < -0.3 is 9.72 Å². The summed E-state index contributed by atoms with van der Waals surface area (Å²) in [5.41, 5.74) is 5.13. The second-order valence-corrected chi connectivity index (χ2v) is 5.78. The van der Waals surface area contributed by atoms with Crippen molar-refractivity contribution in [2.24, 2.45) is 0 Å². The zero-order valence-corrected chi connectivity index (χ0v) is 14.3. The third-order valence-corrected chi connectivity index (χ3v) is 3.46. The first-order chi connectivity index (χ1) is 11.4. The normalized spacial score (nSPS) is 10.7. The largest absolute Gasteiger partial charge is 0.459 e. The van der Waals surface area contributed by atoms with Crippen molar-refractivity contribution in [2.45, 2.75) is 40.4 Å². The fourth-order valence-corrected chi connectivity index (χ4v) is 2.37. The van der Waals surface area contributed by atoms with Crippen LogP contribution in [0.4, 0.5) is 0 Å². The van der Waals surface area contributed by atoms with E-state index in [0.29, 0.717) is 16.8 Å². The molecule has 0 fully saturated rings. The van der Waals surface area contributed by atoms with Gasteiger partial charge in [-0.15, -0.1) is 0 Å². The third kappa shape index (κ3) is 4.23. The summed E-state index contributed by atoms with van der Waals surface area (Å²) in [7, 11) is 0. The number of nitrogens with one attached hydrogen (secondary N) is 2. The van der Waals surface area contributed by atoms with Gasteiger partial charge in [-0.05, 0) is 38.8 Å². The molecule has 2 N–H and O–H groups in total. The van der Waals surface area contributed by atoms with Gasteiger partial charge in [0.2, 0.25) is 0 Å². The molecule has 0 radical (unpaired) electrons. The van der Waals surface area contributed by atoms with Gasteiger partial charge in [0.1, 0.15) is 5.69 Å². The molecule has 0 unspecified atom stereocenters. The first kappa shape index (κ1) is 17.7. The average Bonchev–Trinajstić information content (AvgIpc) is 2.82. The molecule has 2 rings (SSSR count). The number of carbonyl (C=O) groups excluding carboxylic acids is 2. The molecule has 0 bridgehead atoms. The molecule has 1 heterocycles. The number of benzene rings is 1. The first-order valence-electron chi connectivity index (χ1n) is 7.76. The van der Waals surface area contributed by atoms with Crippen LogP contribution in [0, 0.1) is 13.8 Å². The Labute approximate surface area is 141 Å². The van der Waals surface area contributed by atoms with Gasteiger partial charge in [0.15, 0.2) is 0 Å². The van der Waals surface area contributed by atoms with E-state index in [2.05, 4.69) is 10.5 Å². The summed E-state index contributed by atoms with van der Waals surface area (Å²) in [6, 6.07) is 9.49. The number of aryl methyl sites for hydroxylation is 1. The Morgan fingerprint density at radius 2 is 1.83 bits per heavy atom. The first-order valence-corrected chi connectivity index (χ1v) is 7.76. The summed E-state index contributed by atoms with van der Waals surface area (Å²) >= 11 is 0. The zero-order valence-electron chi connectivity index (χ0n) is 14.3. The molecule has 0 saturated carbocycles. The summed E-state index contributed by atoms with van der Waals surface area (Å²) < 4.78 is 5.21. The van der Waals surface area contributed by atoms with E-state index in [1.807, 2.05) is 30.3 Å². The van der Waals surface area contributed by atoms with Gasteiger partial charge in [-0.25, -0.2) is 10.3 Å². The van der Waals surface area contributed by atoms with Crippen LogP contribution in [0.25, 0.3) is 0 Å². The highest BCUT2D eigenvalue weighted by Gasteiger charge is 2.23. The predicted octanol–water partition coefficient (Wildman–Crippen LogP) is 3.06. The van der Waals surface area contributed by atoms with Crippen molar-refractivity contribution < 1.29 is 19.2 Å². The van der Waals surface area contributed by atoms with E-state index in [9.17, 15) is 9.59 Å². The number of H-pyrrole nitrogens is 1. The van der Waals surface area contributed by atoms with Crippen LogP contribution in [0.1, 0.15) is 51.5 Å². The number of ether oxygens (including phenoxy) is 1. The van der Waals surface area contributed by atoms with Gasteiger partial charge in [-0.2, -0.15) is 0 Å². The molecule has 0 atom stereocenters. The molecule has 128 valence electrons. The summed E-state index contributed by atoms with van der Waals surface area (Å²) in [5, 5.41) is 0. The number of hydroxylamine groups is 1. The number of rotatable bonds is 6. The van der Waals surface area contributed by atoms with E-state index >= 15 is 0 Å². The van der Waals surface area contributed by atoms with Crippen LogP contribution in [0.2, 0.25) is 0 Å². The fourth-order valence-electron chi connectivity index (χ4n) is 2.37. The smallest absolute Gasteiger partial charge is 0.340 e. The molecule has 0 aliphatic carbocycles. The van der Waals surface area contributed by atoms with Crippen molar-refractivity contribution in [3.05, 3.63) is 58.4 Å². The van der Waals surface area contributed by atoms with Gasteiger partial charge >= 0.3 is 5.97 Å². The molecular weight excluding hydrogens is 308 g/mol. The van der Waals surface area contributed by atoms with Crippen LogP contribution in [0.5, 0.6) is 0 Å². The van der Waals surface area contributed by atoms with Crippen LogP contribution in [0.15, 0.2) is 30.3 Å². The zero-order chi connectivity index (χ0) is 17.7. The van der Waals surface area contributed by atoms with E-state index in [0.717, 1.165) is 5.56 Å². The molecule has 24 heavy (non-hydrogen) atoms. The lowest BCUT2D eigenvalue weighted by atomic mass is 10.1. The minimum absolute atomic E-state index is 0.224. The van der Waals surface area contributed by atoms with Crippen LogP contribution < -0.4 is 5.48 Å². The molecule has 0 saturated heterocycles.